The number of hydrogen-bond acceptors (Lipinski definition) is 4. The van der Waals surface area contributed by atoms with Crippen molar-refractivity contribution in [2.24, 2.45) is 5.73 Å². The van der Waals surface area contributed by atoms with E-state index in [-0.39, 0.29) is 12.0 Å². The molecule has 0 aliphatic heterocycles. The molecule has 0 heterocycles. The van der Waals surface area contributed by atoms with Crippen LogP contribution in [-0.4, -0.2) is 20.2 Å². The SMILES string of the molecule is COC(=O)CCC(N)c1cc(C)c(C)cc1OC. The Kier molecular flexibility index (Phi) is 5.16. The second kappa shape index (κ2) is 6.40. The first-order valence-electron chi connectivity index (χ1n) is 5.97. The quantitative estimate of drug-likeness (QED) is 0.815. The van der Waals surface area contributed by atoms with Crippen LogP contribution >= 0.6 is 0 Å². The van der Waals surface area contributed by atoms with Crippen LogP contribution in [-0.2, 0) is 9.53 Å². The number of hydrogen-bond donors (Lipinski definition) is 1. The molecule has 4 nitrogen and oxygen atoms in total. The average Bonchev–Trinajstić information content (AvgIpc) is 2.37. The molecule has 100 valence electrons. The highest BCUT2D eigenvalue weighted by Crippen LogP contribution is 2.29. The lowest BCUT2D eigenvalue weighted by Crippen LogP contribution is -2.14. The highest BCUT2D eigenvalue weighted by atomic mass is 16.5. The maximum atomic E-state index is 11.1. The zero-order valence-electron chi connectivity index (χ0n) is 11.4. The number of ether oxygens (including phenoxy) is 2. The van der Waals surface area contributed by atoms with E-state index in [1.807, 2.05) is 26.0 Å². The summed E-state index contributed by atoms with van der Waals surface area (Å²) in [6.07, 6.45) is 0.860. The number of benzene rings is 1. The summed E-state index contributed by atoms with van der Waals surface area (Å²) in [4.78, 5) is 11.1. The third-order valence-electron chi connectivity index (χ3n) is 3.13. The zero-order chi connectivity index (χ0) is 13.7. The van der Waals surface area contributed by atoms with Crippen molar-refractivity contribution in [2.75, 3.05) is 14.2 Å². The third kappa shape index (κ3) is 3.47. The predicted octanol–water partition coefficient (Wildman–Crippen LogP) is 2.27. The standard InChI is InChI=1S/C14H21NO3/c1-9-7-11(13(17-3)8-10(9)2)12(15)5-6-14(16)18-4/h7-8,12H,5-6,15H2,1-4H3. The summed E-state index contributed by atoms with van der Waals surface area (Å²) in [5, 5.41) is 0. The van der Waals surface area contributed by atoms with Crippen LogP contribution in [0.15, 0.2) is 12.1 Å². The molecule has 0 bridgehead atoms. The molecule has 1 rings (SSSR count). The van der Waals surface area contributed by atoms with Crippen molar-refractivity contribution >= 4 is 5.97 Å². The fourth-order valence-corrected chi connectivity index (χ4v) is 1.81. The molecule has 0 saturated heterocycles. The van der Waals surface area contributed by atoms with Crippen LogP contribution in [0.25, 0.3) is 0 Å². The van der Waals surface area contributed by atoms with Gasteiger partial charge in [-0.2, -0.15) is 0 Å². The smallest absolute Gasteiger partial charge is 0.305 e. The topological polar surface area (TPSA) is 61.5 Å². The van der Waals surface area contributed by atoms with Gasteiger partial charge < -0.3 is 15.2 Å². The van der Waals surface area contributed by atoms with Crippen LogP contribution in [0.4, 0.5) is 0 Å². The van der Waals surface area contributed by atoms with Crippen LogP contribution in [0.2, 0.25) is 0 Å². The van der Waals surface area contributed by atoms with E-state index in [1.165, 1.54) is 12.7 Å². The van der Waals surface area contributed by atoms with E-state index in [0.717, 1.165) is 16.9 Å². The number of nitrogens with two attached hydrogens (primary N) is 1. The molecule has 1 unspecified atom stereocenters. The van der Waals surface area contributed by atoms with Gasteiger partial charge in [0, 0.05) is 18.0 Å². The maximum Gasteiger partial charge on any atom is 0.305 e. The Balaban J connectivity index is 2.87. The molecule has 0 fully saturated rings. The summed E-state index contributed by atoms with van der Waals surface area (Å²) in [6, 6.07) is 3.78. The van der Waals surface area contributed by atoms with Crippen molar-refractivity contribution in [1.82, 2.24) is 0 Å². The zero-order valence-corrected chi connectivity index (χ0v) is 11.4. The first-order chi connectivity index (χ1) is 8.49. The van der Waals surface area contributed by atoms with Crippen LogP contribution in [0.3, 0.4) is 0 Å². The second-order valence-electron chi connectivity index (χ2n) is 4.40. The lowest BCUT2D eigenvalue weighted by molar-refractivity contribution is -0.140. The van der Waals surface area contributed by atoms with E-state index in [0.29, 0.717) is 12.8 Å². The Hall–Kier alpha value is -1.55. The lowest BCUT2D eigenvalue weighted by atomic mass is 9.97. The molecule has 2 N–H and O–H groups in total. The van der Waals surface area contributed by atoms with Gasteiger partial charge in [0.25, 0.3) is 0 Å². The number of rotatable bonds is 5. The molecule has 0 amide bonds. The van der Waals surface area contributed by atoms with Crippen molar-refractivity contribution in [3.63, 3.8) is 0 Å². The normalized spacial score (nSPS) is 12.1. The average molecular weight is 251 g/mol. The summed E-state index contributed by atoms with van der Waals surface area (Å²) in [5.74, 6) is 0.531. The number of methoxy groups -OCH3 is 2. The predicted molar refractivity (Wildman–Crippen MR) is 70.6 cm³/mol. The maximum absolute atomic E-state index is 11.1. The van der Waals surface area contributed by atoms with Crippen LogP contribution < -0.4 is 10.5 Å². The minimum absolute atomic E-state index is 0.224. The molecule has 0 saturated carbocycles. The fourth-order valence-electron chi connectivity index (χ4n) is 1.81. The van der Waals surface area contributed by atoms with Gasteiger partial charge in [-0.05, 0) is 37.5 Å². The van der Waals surface area contributed by atoms with Gasteiger partial charge in [-0.15, -0.1) is 0 Å². The van der Waals surface area contributed by atoms with Crippen molar-refractivity contribution in [2.45, 2.75) is 32.7 Å². The minimum Gasteiger partial charge on any atom is -0.496 e. The molecule has 1 atom stereocenters. The van der Waals surface area contributed by atoms with E-state index >= 15 is 0 Å². The molecular weight excluding hydrogens is 230 g/mol. The monoisotopic (exact) mass is 251 g/mol. The molecule has 18 heavy (non-hydrogen) atoms. The van der Waals surface area contributed by atoms with Crippen LogP contribution in [0.1, 0.15) is 35.6 Å². The van der Waals surface area contributed by atoms with Gasteiger partial charge in [-0.1, -0.05) is 6.07 Å². The molecule has 0 aromatic heterocycles. The molecular formula is C14H21NO3. The van der Waals surface area contributed by atoms with Crippen LogP contribution in [0, 0.1) is 13.8 Å². The lowest BCUT2D eigenvalue weighted by Gasteiger charge is -2.17. The van der Waals surface area contributed by atoms with Crippen molar-refractivity contribution in [3.05, 3.63) is 28.8 Å². The van der Waals surface area contributed by atoms with Gasteiger partial charge in [-0.3, -0.25) is 4.79 Å². The van der Waals surface area contributed by atoms with Gasteiger partial charge >= 0.3 is 5.97 Å². The van der Waals surface area contributed by atoms with E-state index < -0.39 is 0 Å². The summed E-state index contributed by atoms with van der Waals surface area (Å²) >= 11 is 0. The molecule has 0 radical (unpaired) electrons. The van der Waals surface area contributed by atoms with Gasteiger partial charge in [-0.25, -0.2) is 0 Å². The van der Waals surface area contributed by atoms with E-state index in [1.54, 1.807) is 7.11 Å². The molecule has 1 aromatic rings. The highest BCUT2D eigenvalue weighted by molar-refractivity contribution is 5.69. The molecule has 4 heteroatoms. The molecule has 1 aromatic carbocycles. The van der Waals surface area contributed by atoms with Crippen molar-refractivity contribution < 1.29 is 14.3 Å². The largest absolute Gasteiger partial charge is 0.496 e. The number of carbonyl (C=O) groups is 1. The van der Waals surface area contributed by atoms with Crippen LogP contribution in [0.5, 0.6) is 5.75 Å². The summed E-state index contributed by atoms with van der Waals surface area (Å²) in [7, 11) is 3.01. The summed E-state index contributed by atoms with van der Waals surface area (Å²) in [6.45, 7) is 4.06. The second-order valence-corrected chi connectivity index (χ2v) is 4.40. The van der Waals surface area contributed by atoms with Gasteiger partial charge in [0.05, 0.1) is 14.2 Å². The van der Waals surface area contributed by atoms with Gasteiger partial charge in [0.1, 0.15) is 5.75 Å². The highest BCUT2D eigenvalue weighted by Gasteiger charge is 2.15. The van der Waals surface area contributed by atoms with Gasteiger partial charge in [0.2, 0.25) is 0 Å². The minimum atomic E-state index is -0.242. The van der Waals surface area contributed by atoms with Crippen molar-refractivity contribution in [1.29, 1.82) is 0 Å². The molecule has 0 spiro atoms. The Morgan fingerprint density at radius 1 is 1.28 bits per heavy atom. The number of esters is 1. The Labute approximate surface area is 108 Å². The third-order valence-corrected chi connectivity index (χ3v) is 3.13. The first-order valence-corrected chi connectivity index (χ1v) is 5.97. The fraction of sp³-hybridized carbons (Fsp3) is 0.500. The summed E-state index contributed by atoms with van der Waals surface area (Å²) in [5.41, 5.74) is 9.37. The summed E-state index contributed by atoms with van der Waals surface area (Å²) < 4.78 is 9.95. The van der Waals surface area contributed by atoms with E-state index in [9.17, 15) is 4.79 Å². The van der Waals surface area contributed by atoms with E-state index in [2.05, 4.69) is 4.74 Å². The van der Waals surface area contributed by atoms with Gasteiger partial charge in [0.15, 0.2) is 0 Å². The Morgan fingerprint density at radius 3 is 2.44 bits per heavy atom. The Bertz CT molecular complexity index is 429. The Morgan fingerprint density at radius 2 is 1.89 bits per heavy atom. The molecule has 0 aliphatic rings. The first kappa shape index (κ1) is 14.5. The number of aryl methyl sites for hydroxylation is 2. The molecule has 0 aliphatic carbocycles. The van der Waals surface area contributed by atoms with Crippen molar-refractivity contribution in [3.8, 4) is 5.75 Å². The number of carbonyl (C=O) groups excluding carboxylic acids is 1. The van der Waals surface area contributed by atoms with E-state index in [4.69, 9.17) is 10.5 Å².